The van der Waals surface area contributed by atoms with Crippen molar-refractivity contribution in [3.63, 3.8) is 0 Å². The van der Waals surface area contributed by atoms with E-state index < -0.39 is 28.5 Å². The number of amides is 2. The first-order chi connectivity index (χ1) is 18.6. The standard InChI is InChI=1S/C29H34ClN3O5S/c1-5-21(2)31-29(35)22(3)32(19-23-11-15-26(38-4)16-12-23)28(34)20-33(25-9-7-6-8-10-25)39(36,37)27-17-13-24(30)14-18-27/h6-18,21-22H,5,19-20H2,1-4H3,(H,31,35)/t21-,22+/m1/s1. The lowest BCUT2D eigenvalue weighted by Crippen LogP contribution is -2.52. The molecule has 1 N–H and O–H groups in total. The second-order valence-corrected chi connectivity index (χ2v) is 11.5. The molecule has 0 saturated carbocycles. The number of sulfonamides is 1. The minimum absolute atomic E-state index is 0.00665. The smallest absolute Gasteiger partial charge is 0.264 e. The van der Waals surface area contributed by atoms with Crippen molar-refractivity contribution in [1.82, 2.24) is 10.2 Å². The van der Waals surface area contributed by atoms with Gasteiger partial charge in [0, 0.05) is 17.6 Å². The van der Waals surface area contributed by atoms with Crippen LogP contribution in [0.25, 0.3) is 0 Å². The number of para-hydroxylation sites is 1. The zero-order chi connectivity index (χ0) is 28.6. The number of methoxy groups -OCH3 is 1. The van der Waals surface area contributed by atoms with Crippen LogP contribution in [0.1, 0.15) is 32.8 Å². The number of ether oxygens (including phenoxy) is 1. The molecule has 0 spiro atoms. The minimum atomic E-state index is -4.14. The summed E-state index contributed by atoms with van der Waals surface area (Å²) in [7, 11) is -2.58. The lowest BCUT2D eigenvalue weighted by molar-refractivity contribution is -0.139. The molecule has 0 unspecified atom stereocenters. The van der Waals surface area contributed by atoms with Crippen LogP contribution in [0.4, 0.5) is 5.69 Å². The zero-order valence-corrected chi connectivity index (χ0v) is 24.1. The molecule has 0 aliphatic carbocycles. The van der Waals surface area contributed by atoms with Crippen LogP contribution in [0, 0.1) is 0 Å². The number of hydrogen-bond donors (Lipinski definition) is 1. The molecule has 8 nitrogen and oxygen atoms in total. The first-order valence-electron chi connectivity index (χ1n) is 12.6. The summed E-state index contributed by atoms with van der Waals surface area (Å²) in [5.41, 5.74) is 1.08. The van der Waals surface area contributed by atoms with Crippen LogP contribution < -0.4 is 14.4 Å². The van der Waals surface area contributed by atoms with Crippen LogP contribution in [0.3, 0.4) is 0 Å². The van der Waals surface area contributed by atoms with Gasteiger partial charge in [-0.05, 0) is 74.4 Å². The monoisotopic (exact) mass is 571 g/mol. The Morgan fingerprint density at radius 3 is 2.13 bits per heavy atom. The number of benzene rings is 3. The summed E-state index contributed by atoms with van der Waals surface area (Å²) in [5, 5.41) is 3.31. The van der Waals surface area contributed by atoms with Crippen LogP contribution in [0.5, 0.6) is 5.75 Å². The Labute approximate surface area is 235 Å². The van der Waals surface area contributed by atoms with Gasteiger partial charge in [0.05, 0.1) is 17.7 Å². The molecule has 0 aliphatic rings. The molecular weight excluding hydrogens is 538 g/mol. The molecule has 3 aromatic carbocycles. The van der Waals surface area contributed by atoms with Crippen molar-refractivity contribution in [1.29, 1.82) is 0 Å². The summed E-state index contributed by atoms with van der Waals surface area (Å²) >= 11 is 5.98. The fourth-order valence-electron chi connectivity index (χ4n) is 3.83. The number of nitrogens with one attached hydrogen (secondary N) is 1. The highest BCUT2D eigenvalue weighted by Gasteiger charge is 2.32. The van der Waals surface area contributed by atoms with Crippen LogP contribution in [-0.4, -0.2) is 50.9 Å². The minimum Gasteiger partial charge on any atom is -0.497 e. The Balaban J connectivity index is 1.99. The molecule has 39 heavy (non-hydrogen) atoms. The van der Waals surface area contributed by atoms with Crippen molar-refractivity contribution in [3.05, 3.63) is 89.4 Å². The van der Waals surface area contributed by atoms with Gasteiger partial charge < -0.3 is 15.0 Å². The van der Waals surface area contributed by atoms with E-state index in [1.807, 2.05) is 13.8 Å². The predicted octanol–water partition coefficient (Wildman–Crippen LogP) is 4.88. The van der Waals surface area contributed by atoms with E-state index in [0.717, 1.165) is 16.3 Å². The van der Waals surface area contributed by atoms with Gasteiger partial charge in [-0.1, -0.05) is 48.9 Å². The highest BCUT2D eigenvalue weighted by atomic mass is 35.5. The van der Waals surface area contributed by atoms with Gasteiger partial charge in [0.2, 0.25) is 11.8 Å². The third-order valence-corrected chi connectivity index (χ3v) is 8.45. The number of rotatable bonds is 12. The third kappa shape index (κ3) is 7.74. The topological polar surface area (TPSA) is 96.0 Å². The summed E-state index contributed by atoms with van der Waals surface area (Å²) in [6.07, 6.45) is 0.728. The van der Waals surface area contributed by atoms with Crippen LogP contribution in [0.15, 0.2) is 83.8 Å². The largest absolute Gasteiger partial charge is 0.497 e. The second kappa shape index (κ2) is 13.5. The first-order valence-corrected chi connectivity index (χ1v) is 14.4. The van der Waals surface area contributed by atoms with E-state index in [1.165, 1.54) is 29.2 Å². The second-order valence-electron chi connectivity index (χ2n) is 9.16. The van der Waals surface area contributed by atoms with Gasteiger partial charge in [0.25, 0.3) is 10.0 Å². The fourth-order valence-corrected chi connectivity index (χ4v) is 5.37. The number of anilines is 1. The number of carbonyl (C=O) groups excluding carboxylic acids is 2. The Kier molecular flexibility index (Phi) is 10.4. The van der Waals surface area contributed by atoms with E-state index in [0.29, 0.717) is 16.5 Å². The lowest BCUT2D eigenvalue weighted by Gasteiger charge is -2.32. The van der Waals surface area contributed by atoms with Gasteiger partial charge in [-0.15, -0.1) is 0 Å². The van der Waals surface area contributed by atoms with Gasteiger partial charge in [-0.3, -0.25) is 13.9 Å². The maximum absolute atomic E-state index is 13.9. The molecular formula is C29H34ClN3O5S. The molecule has 3 rings (SSSR count). The maximum atomic E-state index is 13.9. The van der Waals surface area contributed by atoms with E-state index in [9.17, 15) is 18.0 Å². The normalized spacial score (nSPS) is 12.7. The number of carbonyl (C=O) groups is 2. The van der Waals surface area contributed by atoms with Gasteiger partial charge in [-0.25, -0.2) is 8.42 Å². The molecule has 208 valence electrons. The summed E-state index contributed by atoms with van der Waals surface area (Å²) in [4.78, 5) is 28.4. The highest BCUT2D eigenvalue weighted by Crippen LogP contribution is 2.25. The first kappa shape index (κ1) is 30.0. The molecule has 0 saturated heterocycles. The Morgan fingerprint density at radius 1 is 0.949 bits per heavy atom. The van der Waals surface area contributed by atoms with E-state index in [1.54, 1.807) is 68.6 Å². The number of hydrogen-bond acceptors (Lipinski definition) is 5. The summed E-state index contributed by atoms with van der Waals surface area (Å²) in [5.74, 6) is -0.194. The fraction of sp³-hybridized carbons (Fsp3) is 0.310. The third-order valence-electron chi connectivity index (χ3n) is 6.40. The van der Waals surface area contributed by atoms with Crippen molar-refractivity contribution in [3.8, 4) is 5.75 Å². The van der Waals surface area contributed by atoms with Crippen molar-refractivity contribution in [2.24, 2.45) is 0 Å². The summed E-state index contributed by atoms with van der Waals surface area (Å²) < 4.78 is 33.8. The average Bonchev–Trinajstić information content (AvgIpc) is 2.94. The molecule has 3 aromatic rings. The molecule has 2 atom stereocenters. The molecule has 0 aromatic heterocycles. The predicted molar refractivity (Wildman–Crippen MR) is 153 cm³/mol. The van der Waals surface area contributed by atoms with E-state index >= 15 is 0 Å². The van der Waals surface area contributed by atoms with Gasteiger partial charge in [0.1, 0.15) is 18.3 Å². The van der Waals surface area contributed by atoms with Gasteiger partial charge in [-0.2, -0.15) is 0 Å². The molecule has 10 heteroatoms. The maximum Gasteiger partial charge on any atom is 0.264 e. The Morgan fingerprint density at radius 2 is 1.56 bits per heavy atom. The Bertz CT molecular complexity index is 1350. The lowest BCUT2D eigenvalue weighted by atomic mass is 10.1. The van der Waals surface area contributed by atoms with Crippen LogP contribution in [0.2, 0.25) is 5.02 Å². The average molecular weight is 572 g/mol. The Hall–Kier alpha value is -3.56. The number of halogens is 1. The molecule has 0 aliphatic heterocycles. The van der Waals surface area contributed by atoms with Crippen LogP contribution >= 0.6 is 11.6 Å². The summed E-state index contributed by atoms with van der Waals surface area (Å²) in [6.45, 7) is 5.07. The molecule has 0 fully saturated rings. The van der Waals surface area contributed by atoms with E-state index in [2.05, 4.69) is 5.32 Å². The quantitative estimate of drug-likeness (QED) is 0.334. The SMILES string of the molecule is CC[C@@H](C)NC(=O)[C@H](C)N(Cc1ccc(OC)cc1)C(=O)CN(c1ccccc1)S(=O)(=O)c1ccc(Cl)cc1. The molecule has 0 bridgehead atoms. The van der Waals surface area contributed by atoms with Gasteiger partial charge in [0.15, 0.2) is 0 Å². The van der Waals surface area contributed by atoms with E-state index in [4.69, 9.17) is 16.3 Å². The molecule has 0 heterocycles. The van der Waals surface area contributed by atoms with Crippen LogP contribution in [-0.2, 0) is 26.2 Å². The van der Waals surface area contributed by atoms with Crippen molar-refractivity contribution in [2.45, 2.75) is 50.7 Å². The van der Waals surface area contributed by atoms with E-state index in [-0.39, 0.29) is 23.4 Å². The molecule has 0 radical (unpaired) electrons. The zero-order valence-electron chi connectivity index (χ0n) is 22.5. The van der Waals surface area contributed by atoms with Gasteiger partial charge >= 0.3 is 0 Å². The number of nitrogens with zero attached hydrogens (tertiary/aromatic N) is 2. The summed E-state index contributed by atoms with van der Waals surface area (Å²) in [6, 6.07) is 20.4. The highest BCUT2D eigenvalue weighted by molar-refractivity contribution is 7.92. The van der Waals surface area contributed by atoms with Crippen molar-refractivity contribution in [2.75, 3.05) is 18.0 Å². The molecule has 2 amide bonds. The van der Waals surface area contributed by atoms with Crippen molar-refractivity contribution < 1.29 is 22.7 Å². The van der Waals surface area contributed by atoms with Crippen molar-refractivity contribution >= 4 is 39.1 Å².